The first-order valence-corrected chi connectivity index (χ1v) is 14.4. The summed E-state index contributed by atoms with van der Waals surface area (Å²) in [5.74, 6) is -1.28. The summed E-state index contributed by atoms with van der Waals surface area (Å²) < 4.78 is 21.2. The molecular formula is C32H38N2O8. The normalized spacial score (nSPS) is 20.5. The lowest BCUT2D eigenvalue weighted by molar-refractivity contribution is 0.0516. The van der Waals surface area contributed by atoms with Crippen LogP contribution in [0.4, 0.5) is 21.0 Å². The number of hydrogen-bond acceptors (Lipinski definition) is 8. The Hall–Kier alpha value is -4.34. The third-order valence-electron chi connectivity index (χ3n) is 7.58. The van der Waals surface area contributed by atoms with Crippen molar-refractivity contribution < 1.29 is 38.1 Å². The van der Waals surface area contributed by atoms with Gasteiger partial charge in [0.25, 0.3) is 0 Å². The summed E-state index contributed by atoms with van der Waals surface area (Å²) in [5, 5.41) is 2.80. The van der Waals surface area contributed by atoms with E-state index >= 15 is 0 Å². The number of hydrogen-bond donors (Lipinski definition) is 1. The van der Waals surface area contributed by atoms with Crippen LogP contribution in [0.25, 0.3) is 0 Å². The van der Waals surface area contributed by atoms with Crippen molar-refractivity contribution in [2.24, 2.45) is 11.8 Å². The fraction of sp³-hybridized carbons (Fsp3) is 0.438. The van der Waals surface area contributed by atoms with Crippen LogP contribution >= 0.6 is 0 Å². The van der Waals surface area contributed by atoms with Crippen molar-refractivity contribution in [1.82, 2.24) is 0 Å². The number of anilines is 2. The molecule has 0 bridgehead atoms. The Morgan fingerprint density at radius 2 is 1.40 bits per heavy atom. The third kappa shape index (κ3) is 6.12. The standard InChI is InChI=1S/C32H38N2O8/c1-6-39-29(35)20-13-15-25(33-31(37)41-8-3)24(18-20)28-27-19(5)11-10-12-22(27)23-17-21(30(36)40-7-2)14-16-26(23)34(28)32(38)42-9-4/h10,12-19,22,27-28H,6-9,11H2,1-5H3,(H,33,37)/t19-,22-,27+,28-/m0/s1. The van der Waals surface area contributed by atoms with E-state index in [4.69, 9.17) is 18.9 Å². The van der Waals surface area contributed by atoms with Gasteiger partial charge < -0.3 is 18.9 Å². The lowest BCUT2D eigenvalue weighted by atomic mass is 9.65. The van der Waals surface area contributed by atoms with Crippen molar-refractivity contribution in [2.75, 3.05) is 36.6 Å². The van der Waals surface area contributed by atoms with Crippen molar-refractivity contribution in [2.45, 2.75) is 53.0 Å². The zero-order valence-corrected chi connectivity index (χ0v) is 24.7. The molecule has 10 nitrogen and oxygen atoms in total. The number of amides is 2. The minimum Gasteiger partial charge on any atom is -0.462 e. The average Bonchev–Trinajstić information content (AvgIpc) is 2.97. The first-order chi connectivity index (χ1) is 20.2. The van der Waals surface area contributed by atoms with E-state index in [1.807, 2.05) is 0 Å². The molecule has 2 aromatic carbocycles. The van der Waals surface area contributed by atoms with E-state index in [1.54, 1.807) is 69.0 Å². The number of esters is 2. The zero-order valence-electron chi connectivity index (χ0n) is 24.7. The molecule has 224 valence electrons. The molecule has 2 aromatic rings. The predicted octanol–water partition coefficient (Wildman–Crippen LogP) is 6.62. The van der Waals surface area contributed by atoms with Gasteiger partial charge in [-0.2, -0.15) is 0 Å². The second-order valence-electron chi connectivity index (χ2n) is 10.1. The molecule has 1 N–H and O–H groups in total. The van der Waals surface area contributed by atoms with E-state index in [1.165, 1.54) is 0 Å². The highest BCUT2D eigenvalue weighted by molar-refractivity contribution is 5.96. The van der Waals surface area contributed by atoms with Crippen molar-refractivity contribution in [3.63, 3.8) is 0 Å². The van der Waals surface area contributed by atoms with Crippen LogP contribution in [-0.2, 0) is 18.9 Å². The van der Waals surface area contributed by atoms with Gasteiger partial charge in [0.1, 0.15) is 0 Å². The summed E-state index contributed by atoms with van der Waals surface area (Å²) in [7, 11) is 0. The van der Waals surface area contributed by atoms with Crippen LogP contribution in [-0.4, -0.2) is 50.6 Å². The van der Waals surface area contributed by atoms with Crippen LogP contribution < -0.4 is 10.2 Å². The maximum atomic E-state index is 13.8. The van der Waals surface area contributed by atoms with E-state index in [2.05, 4.69) is 24.4 Å². The number of carbonyl (C=O) groups excluding carboxylic acids is 4. The summed E-state index contributed by atoms with van der Waals surface area (Å²) in [5.41, 5.74) is 2.96. The summed E-state index contributed by atoms with van der Waals surface area (Å²) in [4.78, 5) is 53.5. The van der Waals surface area contributed by atoms with Gasteiger partial charge in [0.15, 0.2) is 0 Å². The van der Waals surface area contributed by atoms with Gasteiger partial charge in [-0.25, -0.2) is 19.2 Å². The topological polar surface area (TPSA) is 120 Å². The Balaban J connectivity index is 1.98. The molecule has 1 heterocycles. The van der Waals surface area contributed by atoms with Gasteiger partial charge >= 0.3 is 24.1 Å². The lowest BCUT2D eigenvalue weighted by Gasteiger charge is -2.49. The Bertz CT molecular complexity index is 1370. The highest BCUT2D eigenvalue weighted by Crippen LogP contribution is 2.55. The van der Waals surface area contributed by atoms with Crippen LogP contribution in [0.1, 0.15) is 84.8 Å². The average molecular weight is 579 g/mol. The minimum atomic E-state index is -0.659. The summed E-state index contributed by atoms with van der Waals surface area (Å²) in [6, 6.07) is 9.34. The molecule has 0 spiro atoms. The molecule has 2 aliphatic rings. The monoisotopic (exact) mass is 578 g/mol. The molecular weight excluding hydrogens is 540 g/mol. The number of fused-ring (bicyclic) bond motifs is 3. The fourth-order valence-electron chi connectivity index (χ4n) is 5.89. The largest absolute Gasteiger partial charge is 0.462 e. The minimum absolute atomic E-state index is 0.0722. The van der Waals surface area contributed by atoms with Gasteiger partial charge in [-0.05, 0) is 93.5 Å². The number of nitrogens with zero attached hydrogens (tertiary/aromatic N) is 1. The van der Waals surface area contributed by atoms with Crippen molar-refractivity contribution in [3.8, 4) is 0 Å². The van der Waals surface area contributed by atoms with E-state index in [0.29, 0.717) is 22.5 Å². The number of allylic oxidation sites excluding steroid dienone is 2. The predicted molar refractivity (Wildman–Crippen MR) is 157 cm³/mol. The molecule has 0 saturated carbocycles. The number of nitrogens with one attached hydrogen (secondary N) is 1. The second-order valence-corrected chi connectivity index (χ2v) is 10.1. The highest BCUT2D eigenvalue weighted by atomic mass is 16.6. The van der Waals surface area contributed by atoms with Crippen molar-refractivity contribution >= 4 is 35.5 Å². The lowest BCUT2D eigenvalue weighted by Crippen LogP contribution is -2.47. The molecule has 1 aliphatic carbocycles. The van der Waals surface area contributed by atoms with Crippen molar-refractivity contribution in [1.29, 1.82) is 0 Å². The summed E-state index contributed by atoms with van der Waals surface area (Å²) in [6.45, 7) is 9.74. The molecule has 2 amide bonds. The van der Waals surface area contributed by atoms with E-state index in [9.17, 15) is 19.2 Å². The third-order valence-corrected chi connectivity index (χ3v) is 7.58. The van der Waals surface area contributed by atoms with E-state index in [0.717, 1.165) is 12.0 Å². The zero-order chi connectivity index (χ0) is 30.4. The maximum absolute atomic E-state index is 13.8. The van der Waals surface area contributed by atoms with Crippen LogP contribution in [0.2, 0.25) is 0 Å². The molecule has 10 heteroatoms. The molecule has 0 fully saturated rings. The van der Waals surface area contributed by atoms with Gasteiger partial charge in [-0.15, -0.1) is 0 Å². The number of ether oxygens (including phenoxy) is 4. The highest BCUT2D eigenvalue weighted by Gasteiger charge is 2.48. The Kier molecular flexibility index (Phi) is 9.88. The fourth-order valence-corrected chi connectivity index (χ4v) is 5.89. The Morgan fingerprint density at radius 3 is 2.02 bits per heavy atom. The van der Waals surface area contributed by atoms with Gasteiger partial charge in [-0.1, -0.05) is 19.1 Å². The van der Waals surface area contributed by atoms with Crippen LogP contribution in [0.3, 0.4) is 0 Å². The smallest absolute Gasteiger partial charge is 0.414 e. The van der Waals surface area contributed by atoms with Gasteiger partial charge in [0.05, 0.1) is 49.3 Å². The van der Waals surface area contributed by atoms with E-state index in [-0.39, 0.29) is 49.7 Å². The maximum Gasteiger partial charge on any atom is 0.414 e. The van der Waals surface area contributed by atoms with Crippen LogP contribution in [0.15, 0.2) is 48.6 Å². The van der Waals surface area contributed by atoms with Gasteiger partial charge in [0, 0.05) is 11.6 Å². The first kappa shape index (κ1) is 30.6. The quantitative estimate of drug-likeness (QED) is 0.211. The van der Waals surface area contributed by atoms with Crippen molar-refractivity contribution in [3.05, 3.63) is 70.8 Å². The SMILES string of the molecule is CCOC(=O)Nc1ccc(C(=O)OCC)cc1[C@H]1[C@@H]2[C@@H](C)CC=C[C@H]2c2cc(C(=O)OCC)ccc2N1C(=O)OCC. The Morgan fingerprint density at radius 1 is 0.810 bits per heavy atom. The molecule has 4 rings (SSSR count). The number of benzene rings is 2. The van der Waals surface area contributed by atoms with Crippen LogP contribution in [0, 0.1) is 11.8 Å². The second kappa shape index (κ2) is 13.5. The molecule has 4 atom stereocenters. The number of carbonyl (C=O) groups is 4. The summed E-state index contributed by atoms with van der Waals surface area (Å²) >= 11 is 0. The van der Waals surface area contributed by atoms with E-state index < -0.39 is 30.2 Å². The number of rotatable bonds is 8. The molecule has 1 aliphatic heterocycles. The molecule has 0 aromatic heterocycles. The summed E-state index contributed by atoms with van der Waals surface area (Å²) in [6.07, 6.45) is 3.71. The molecule has 0 radical (unpaired) electrons. The molecule has 0 unspecified atom stereocenters. The first-order valence-electron chi connectivity index (χ1n) is 14.4. The van der Waals surface area contributed by atoms with Crippen LogP contribution in [0.5, 0.6) is 0 Å². The van der Waals surface area contributed by atoms with Gasteiger partial charge in [0.2, 0.25) is 0 Å². The molecule has 42 heavy (non-hydrogen) atoms. The van der Waals surface area contributed by atoms with Gasteiger partial charge in [-0.3, -0.25) is 10.2 Å². The Labute approximate surface area is 245 Å². The molecule has 0 saturated heterocycles.